The van der Waals surface area contributed by atoms with Crippen LogP contribution in [0.2, 0.25) is 0 Å². The number of nitrogens with zero attached hydrogens (tertiary/aromatic N) is 4. The van der Waals surface area contributed by atoms with Gasteiger partial charge < -0.3 is 15.1 Å². The van der Waals surface area contributed by atoms with Crippen LogP contribution in [0.3, 0.4) is 0 Å². The van der Waals surface area contributed by atoms with Crippen LogP contribution in [0.1, 0.15) is 26.3 Å². The van der Waals surface area contributed by atoms with Gasteiger partial charge in [0, 0.05) is 18.3 Å². The SMILES string of the molecule is C[C@H]1CN(C(=O)O)c2cc(-c3cnn(CC(C)(C)O)c3)ccc2N1C(=O)Cc1ccccc1. The number of amides is 2. The molecule has 0 saturated carbocycles. The molecule has 33 heavy (non-hydrogen) atoms. The van der Waals surface area contributed by atoms with E-state index in [4.69, 9.17) is 0 Å². The molecule has 0 spiro atoms. The van der Waals surface area contributed by atoms with Crippen LogP contribution in [-0.4, -0.2) is 50.2 Å². The first-order valence-electron chi connectivity index (χ1n) is 10.9. The Morgan fingerprint density at radius 3 is 2.48 bits per heavy atom. The lowest BCUT2D eigenvalue weighted by atomic mass is 10.0. The van der Waals surface area contributed by atoms with Crippen molar-refractivity contribution in [3.05, 3.63) is 66.5 Å². The number of hydrogen-bond acceptors (Lipinski definition) is 4. The first kappa shape index (κ1) is 22.5. The molecule has 1 aliphatic rings. The van der Waals surface area contributed by atoms with Crippen molar-refractivity contribution in [2.75, 3.05) is 16.3 Å². The molecule has 1 aliphatic heterocycles. The Kier molecular flexibility index (Phi) is 5.95. The average Bonchev–Trinajstić information content (AvgIpc) is 3.20. The van der Waals surface area contributed by atoms with Gasteiger partial charge in [0.05, 0.1) is 42.2 Å². The van der Waals surface area contributed by atoms with E-state index in [9.17, 15) is 19.8 Å². The van der Waals surface area contributed by atoms with E-state index in [1.54, 1.807) is 41.8 Å². The Labute approximate surface area is 192 Å². The van der Waals surface area contributed by atoms with Gasteiger partial charge >= 0.3 is 6.09 Å². The van der Waals surface area contributed by atoms with Crippen LogP contribution in [0.25, 0.3) is 11.1 Å². The molecule has 2 amide bonds. The van der Waals surface area contributed by atoms with E-state index in [1.807, 2.05) is 49.5 Å². The molecule has 0 bridgehead atoms. The highest BCUT2D eigenvalue weighted by molar-refractivity contribution is 6.04. The van der Waals surface area contributed by atoms with Crippen molar-refractivity contribution in [1.29, 1.82) is 0 Å². The van der Waals surface area contributed by atoms with Crippen molar-refractivity contribution in [1.82, 2.24) is 9.78 Å². The lowest BCUT2D eigenvalue weighted by Gasteiger charge is -2.40. The van der Waals surface area contributed by atoms with Gasteiger partial charge in [-0.05, 0) is 44.0 Å². The number of rotatable bonds is 5. The van der Waals surface area contributed by atoms with Crippen molar-refractivity contribution < 1.29 is 19.8 Å². The highest BCUT2D eigenvalue weighted by atomic mass is 16.4. The van der Waals surface area contributed by atoms with Gasteiger partial charge in [0.25, 0.3) is 0 Å². The van der Waals surface area contributed by atoms with Crippen molar-refractivity contribution in [2.24, 2.45) is 0 Å². The number of aromatic nitrogens is 2. The summed E-state index contributed by atoms with van der Waals surface area (Å²) in [5.41, 5.74) is 2.63. The summed E-state index contributed by atoms with van der Waals surface area (Å²) in [6.07, 6.45) is 2.67. The van der Waals surface area contributed by atoms with Crippen LogP contribution < -0.4 is 9.80 Å². The van der Waals surface area contributed by atoms with Crippen molar-refractivity contribution >= 4 is 23.4 Å². The predicted molar refractivity (Wildman–Crippen MR) is 126 cm³/mol. The predicted octanol–water partition coefficient (Wildman–Crippen LogP) is 3.78. The normalized spacial score (nSPS) is 15.9. The summed E-state index contributed by atoms with van der Waals surface area (Å²) in [5, 5.41) is 24.2. The molecule has 0 radical (unpaired) electrons. The molecule has 8 nitrogen and oxygen atoms in total. The highest BCUT2D eigenvalue weighted by Gasteiger charge is 2.35. The largest absolute Gasteiger partial charge is 0.465 e. The summed E-state index contributed by atoms with van der Waals surface area (Å²) >= 11 is 0. The van der Waals surface area contributed by atoms with E-state index in [-0.39, 0.29) is 24.9 Å². The van der Waals surface area contributed by atoms with Crippen LogP contribution in [-0.2, 0) is 17.8 Å². The third-order valence-electron chi connectivity index (χ3n) is 5.63. The molecule has 2 heterocycles. The molecular formula is C25H28N4O4. The highest BCUT2D eigenvalue weighted by Crippen LogP contribution is 2.39. The fourth-order valence-corrected chi connectivity index (χ4v) is 4.22. The lowest BCUT2D eigenvalue weighted by molar-refractivity contribution is -0.118. The summed E-state index contributed by atoms with van der Waals surface area (Å²) in [6, 6.07) is 14.7. The second kappa shape index (κ2) is 8.71. The number of carbonyl (C=O) groups excluding carboxylic acids is 1. The molecule has 0 aliphatic carbocycles. The summed E-state index contributed by atoms with van der Waals surface area (Å²) in [7, 11) is 0. The van der Waals surface area contributed by atoms with E-state index < -0.39 is 11.7 Å². The van der Waals surface area contributed by atoms with Gasteiger partial charge in [-0.2, -0.15) is 5.10 Å². The van der Waals surface area contributed by atoms with Crippen LogP contribution in [0, 0.1) is 0 Å². The molecule has 4 rings (SSSR count). The summed E-state index contributed by atoms with van der Waals surface area (Å²) < 4.78 is 1.65. The number of hydrogen-bond donors (Lipinski definition) is 2. The minimum absolute atomic E-state index is 0.0780. The fourth-order valence-electron chi connectivity index (χ4n) is 4.22. The summed E-state index contributed by atoms with van der Waals surface area (Å²) in [4.78, 5) is 28.2. The first-order chi connectivity index (χ1) is 15.6. The molecule has 1 aromatic heterocycles. The number of fused-ring (bicyclic) bond motifs is 1. The fraction of sp³-hybridized carbons (Fsp3) is 0.320. The first-order valence-corrected chi connectivity index (χ1v) is 10.9. The smallest absolute Gasteiger partial charge is 0.411 e. The van der Waals surface area contributed by atoms with Gasteiger partial charge in [-0.25, -0.2) is 4.79 Å². The average molecular weight is 449 g/mol. The number of anilines is 2. The maximum Gasteiger partial charge on any atom is 0.411 e. The van der Waals surface area contributed by atoms with Gasteiger partial charge in [-0.15, -0.1) is 0 Å². The maximum absolute atomic E-state index is 13.2. The minimum atomic E-state index is -1.06. The summed E-state index contributed by atoms with van der Waals surface area (Å²) in [5.74, 6) is -0.0780. The van der Waals surface area contributed by atoms with Gasteiger partial charge in [0.15, 0.2) is 0 Å². The Hall–Kier alpha value is -3.65. The molecular weight excluding hydrogens is 420 g/mol. The zero-order valence-electron chi connectivity index (χ0n) is 19.0. The van der Waals surface area contributed by atoms with Crippen molar-refractivity contribution in [3.8, 4) is 11.1 Å². The Bertz CT molecular complexity index is 1170. The number of aliphatic hydroxyl groups is 1. The minimum Gasteiger partial charge on any atom is -0.465 e. The van der Waals surface area contributed by atoms with Crippen LogP contribution >= 0.6 is 0 Å². The number of carboxylic acid groups (broad SMARTS) is 1. The molecule has 8 heteroatoms. The molecule has 0 saturated heterocycles. The molecule has 2 N–H and O–H groups in total. The van der Waals surface area contributed by atoms with E-state index in [1.165, 1.54) is 4.90 Å². The van der Waals surface area contributed by atoms with Gasteiger partial charge in [-0.1, -0.05) is 36.4 Å². The maximum atomic E-state index is 13.2. The zero-order chi connectivity index (χ0) is 23.8. The van der Waals surface area contributed by atoms with E-state index in [0.717, 1.165) is 16.7 Å². The molecule has 3 aromatic rings. The van der Waals surface area contributed by atoms with Gasteiger partial charge in [0.1, 0.15) is 0 Å². The van der Waals surface area contributed by atoms with Crippen LogP contribution in [0.5, 0.6) is 0 Å². The third kappa shape index (κ3) is 4.90. The van der Waals surface area contributed by atoms with E-state index >= 15 is 0 Å². The lowest BCUT2D eigenvalue weighted by Crippen LogP contribution is -2.52. The Balaban J connectivity index is 1.69. The molecule has 172 valence electrons. The van der Waals surface area contributed by atoms with Crippen LogP contribution in [0.15, 0.2) is 60.9 Å². The zero-order valence-corrected chi connectivity index (χ0v) is 19.0. The quantitative estimate of drug-likeness (QED) is 0.619. The second-order valence-electron chi connectivity index (χ2n) is 9.11. The van der Waals surface area contributed by atoms with Gasteiger partial charge in [0.2, 0.25) is 5.91 Å². The molecule has 0 unspecified atom stereocenters. The Morgan fingerprint density at radius 2 is 1.82 bits per heavy atom. The van der Waals surface area contributed by atoms with E-state index in [0.29, 0.717) is 17.9 Å². The molecule has 2 aromatic carbocycles. The summed E-state index contributed by atoms with van der Waals surface area (Å²) in [6.45, 7) is 5.79. The monoisotopic (exact) mass is 448 g/mol. The number of carbonyl (C=O) groups is 2. The van der Waals surface area contributed by atoms with Crippen molar-refractivity contribution in [3.63, 3.8) is 0 Å². The molecule has 0 fully saturated rings. The van der Waals surface area contributed by atoms with Crippen molar-refractivity contribution in [2.45, 2.75) is 45.4 Å². The molecule has 1 atom stereocenters. The van der Waals surface area contributed by atoms with Gasteiger partial charge in [-0.3, -0.25) is 14.4 Å². The standard InChI is InChI=1S/C25H28N4O4/c1-17-14-28(24(31)32)22-12-19(20-13-26-27(15-20)16-25(2,3)33)9-10-21(22)29(17)23(30)11-18-7-5-4-6-8-18/h4-10,12-13,15,17,33H,11,14,16H2,1-3H3,(H,31,32)/t17-/m0/s1. The van der Waals surface area contributed by atoms with Crippen LogP contribution in [0.4, 0.5) is 16.2 Å². The third-order valence-corrected chi connectivity index (χ3v) is 5.63. The topological polar surface area (TPSA) is 98.9 Å². The number of benzene rings is 2. The van der Waals surface area contributed by atoms with E-state index in [2.05, 4.69) is 5.10 Å². The Morgan fingerprint density at radius 1 is 1.09 bits per heavy atom. The second-order valence-corrected chi connectivity index (χ2v) is 9.11.